The number of hydrogen-bond acceptors (Lipinski definition) is 3. The van der Waals surface area contributed by atoms with Crippen LogP contribution >= 0.6 is 0 Å². The topological polar surface area (TPSA) is 43.7 Å². The van der Waals surface area contributed by atoms with Crippen molar-refractivity contribution < 1.29 is 10.2 Å². The zero-order valence-corrected chi connectivity index (χ0v) is 8.95. The van der Waals surface area contributed by atoms with Crippen LogP contribution in [0.3, 0.4) is 0 Å². The minimum Gasteiger partial charge on any atom is -0.396 e. The lowest BCUT2D eigenvalue weighted by molar-refractivity contribution is -0.133. The van der Waals surface area contributed by atoms with Crippen LogP contribution in [0, 0.1) is 11.3 Å². The van der Waals surface area contributed by atoms with Gasteiger partial charge < -0.3 is 15.1 Å². The summed E-state index contributed by atoms with van der Waals surface area (Å²) in [6.07, 6.45) is 3.00. The van der Waals surface area contributed by atoms with Crippen molar-refractivity contribution in [2.75, 3.05) is 26.2 Å². The van der Waals surface area contributed by atoms with Gasteiger partial charge in [-0.2, -0.15) is 0 Å². The first-order valence-corrected chi connectivity index (χ1v) is 5.73. The number of aliphatic hydroxyl groups excluding tert-OH is 2. The highest BCUT2D eigenvalue weighted by molar-refractivity contribution is 5.00. The average Bonchev–Trinajstić information content (AvgIpc) is 2.18. The van der Waals surface area contributed by atoms with Crippen molar-refractivity contribution in [2.24, 2.45) is 11.3 Å². The first kappa shape index (κ1) is 10.4. The average molecular weight is 199 g/mol. The normalized spacial score (nSPS) is 43.9. The molecule has 1 saturated carbocycles. The Kier molecular flexibility index (Phi) is 2.82. The number of piperidine rings is 1. The third-order valence-corrected chi connectivity index (χ3v) is 4.12. The molecule has 2 aliphatic rings. The van der Waals surface area contributed by atoms with Crippen molar-refractivity contribution in [1.29, 1.82) is 0 Å². The Balaban J connectivity index is 2.17. The quantitative estimate of drug-likeness (QED) is 0.679. The van der Waals surface area contributed by atoms with E-state index in [1.807, 2.05) is 0 Å². The van der Waals surface area contributed by atoms with Crippen LogP contribution in [0.15, 0.2) is 0 Å². The monoisotopic (exact) mass is 199 g/mol. The number of fused-ring (bicyclic) bond motifs is 2. The first-order valence-electron chi connectivity index (χ1n) is 5.73. The lowest BCUT2D eigenvalue weighted by Crippen LogP contribution is -2.60. The molecule has 3 atom stereocenters. The first-order chi connectivity index (χ1) is 6.72. The van der Waals surface area contributed by atoms with Gasteiger partial charge in [-0.15, -0.1) is 0 Å². The van der Waals surface area contributed by atoms with E-state index in [4.69, 9.17) is 0 Å². The molecular weight excluding hydrogens is 178 g/mol. The molecular formula is C11H21NO2. The summed E-state index contributed by atoms with van der Waals surface area (Å²) in [7, 11) is 0. The van der Waals surface area contributed by atoms with Crippen LogP contribution in [0.2, 0.25) is 0 Å². The van der Waals surface area contributed by atoms with E-state index >= 15 is 0 Å². The van der Waals surface area contributed by atoms with E-state index in [2.05, 4.69) is 11.8 Å². The second kappa shape index (κ2) is 3.80. The van der Waals surface area contributed by atoms with Gasteiger partial charge in [0.2, 0.25) is 0 Å². The second-order valence-electron chi connectivity index (χ2n) is 4.95. The molecule has 0 unspecified atom stereocenters. The molecule has 1 aliphatic carbocycles. The van der Waals surface area contributed by atoms with Crippen molar-refractivity contribution >= 4 is 0 Å². The van der Waals surface area contributed by atoms with Gasteiger partial charge in [-0.25, -0.2) is 0 Å². The molecule has 1 aliphatic heterocycles. The van der Waals surface area contributed by atoms with Gasteiger partial charge in [0, 0.05) is 18.5 Å². The van der Waals surface area contributed by atoms with E-state index in [0.29, 0.717) is 5.92 Å². The predicted octanol–water partition coefficient (Wildman–Crippen LogP) is 0.462. The smallest absolute Gasteiger partial charge is 0.0671 e. The largest absolute Gasteiger partial charge is 0.396 e. The van der Waals surface area contributed by atoms with Crippen molar-refractivity contribution in [3.63, 3.8) is 0 Å². The molecule has 0 radical (unpaired) electrons. The Morgan fingerprint density at radius 1 is 1.50 bits per heavy atom. The van der Waals surface area contributed by atoms with Gasteiger partial charge in [-0.05, 0) is 25.3 Å². The number of rotatable bonds is 2. The van der Waals surface area contributed by atoms with Crippen molar-refractivity contribution in [2.45, 2.75) is 32.3 Å². The van der Waals surface area contributed by atoms with E-state index in [1.54, 1.807) is 0 Å². The Bertz CT molecular complexity index is 209. The molecule has 82 valence electrons. The third kappa shape index (κ3) is 1.47. The molecule has 1 saturated heterocycles. The molecule has 0 aromatic carbocycles. The SMILES string of the molecule is CCN1C[C@@H]2CCC[C@](CO)(C1)[C@H]2O. The number of likely N-dealkylation sites (tertiary alicyclic amines) is 1. The van der Waals surface area contributed by atoms with Crippen LogP contribution in [0.5, 0.6) is 0 Å². The molecule has 0 aromatic rings. The molecule has 3 nitrogen and oxygen atoms in total. The maximum Gasteiger partial charge on any atom is 0.0671 e. The van der Waals surface area contributed by atoms with Crippen LogP contribution in [-0.2, 0) is 0 Å². The third-order valence-electron chi connectivity index (χ3n) is 4.12. The Hall–Kier alpha value is -0.120. The predicted molar refractivity (Wildman–Crippen MR) is 55.0 cm³/mol. The summed E-state index contributed by atoms with van der Waals surface area (Å²) in [5.74, 6) is 0.393. The molecule has 0 aromatic heterocycles. The van der Waals surface area contributed by atoms with Gasteiger partial charge in [0.15, 0.2) is 0 Å². The van der Waals surface area contributed by atoms with Gasteiger partial charge in [0.25, 0.3) is 0 Å². The molecule has 2 fully saturated rings. The summed E-state index contributed by atoms with van der Waals surface area (Å²) in [4.78, 5) is 2.37. The molecule has 14 heavy (non-hydrogen) atoms. The summed E-state index contributed by atoms with van der Waals surface area (Å²) < 4.78 is 0. The molecule has 2 rings (SSSR count). The number of aliphatic hydroxyl groups is 2. The van der Waals surface area contributed by atoms with Gasteiger partial charge in [0.05, 0.1) is 12.7 Å². The minimum atomic E-state index is -0.274. The molecule has 0 amide bonds. The highest BCUT2D eigenvalue weighted by atomic mass is 16.3. The summed E-state index contributed by atoms with van der Waals surface area (Å²) in [5, 5.41) is 19.7. The Morgan fingerprint density at radius 3 is 2.93 bits per heavy atom. The van der Waals surface area contributed by atoms with E-state index in [9.17, 15) is 10.2 Å². The lowest BCUT2D eigenvalue weighted by atomic mass is 9.64. The highest BCUT2D eigenvalue weighted by Gasteiger charge is 2.48. The van der Waals surface area contributed by atoms with Gasteiger partial charge in [-0.3, -0.25) is 0 Å². The van der Waals surface area contributed by atoms with Crippen LogP contribution in [0.1, 0.15) is 26.2 Å². The number of nitrogens with zero attached hydrogens (tertiary/aromatic N) is 1. The lowest BCUT2D eigenvalue weighted by Gasteiger charge is -2.52. The van der Waals surface area contributed by atoms with Crippen molar-refractivity contribution in [1.82, 2.24) is 4.90 Å². The molecule has 3 heteroatoms. The maximum absolute atomic E-state index is 10.2. The van der Waals surface area contributed by atoms with E-state index < -0.39 is 0 Å². The van der Waals surface area contributed by atoms with Gasteiger partial charge >= 0.3 is 0 Å². The molecule has 2 bridgehead atoms. The Labute approximate surface area is 85.7 Å². The second-order valence-corrected chi connectivity index (χ2v) is 4.95. The zero-order valence-electron chi connectivity index (χ0n) is 8.95. The summed E-state index contributed by atoms with van der Waals surface area (Å²) >= 11 is 0. The maximum atomic E-state index is 10.2. The standard InChI is InChI=1S/C11H21NO2/c1-2-12-6-9-4-3-5-11(7-12,8-13)10(9)14/h9-10,13-14H,2-8H2,1H3/t9-,10-,11+/m0/s1. The fraction of sp³-hybridized carbons (Fsp3) is 1.00. The van der Waals surface area contributed by atoms with Crippen LogP contribution in [0.25, 0.3) is 0 Å². The number of hydrogen-bond donors (Lipinski definition) is 2. The van der Waals surface area contributed by atoms with Gasteiger partial charge in [0.1, 0.15) is 0 Å². The minimum absolute atomic E-state index is 0.140. The molecule has 1 heterocycles. The summed E-state index contributed by atoms with van der Waals surface area (Å²) in [6, 6.07) is 0. The van der Waals surface area contributed by atoms with Crippen LogP contribution < -0.4 is 0 Å². The molecule has 2 N–H and O–H groups in total. The van der Waals surface area contributed by atoms with Crippen molar-refractivity contribution in [3.05, 3.63) is 0 Å². The van der Waals surface area contributed by atoms with Crippen LogP contribution in [-0.4, -0.2) is 47.5 Å². The van der Waals surface area contributed by atoms with Crippen molar-refractivity contribution in [3.8, 4) is 0 Å². The fourth-order valence-electron chi connectivity index (χ4n) is 3.19. The van der Waals surface area contributed by atoms with E-state index in [0.717, 1.165) is 32.5 Å². The van der Waals surface area contributed by atoms with Gasteiger partial charge in [-0.1, -0.05) is 13.3 Å². The van der Waals surface area contributed by atoms with E-state index in [1.165, 1.54) is 6.42 Å². The highest BCUT2D eigenvalue weighted by Crippen LogP contribution is 2.43. The zero-order chi connectivity index (χ0) is 10.2. The van der Waals surface area contributed by atoms with Crippen LogP contribution in [0.4, 0.5) is 0 Å². The molecule has 0 spiro atoms. The Morgan fingerprint density at radius 2 is 2.29 bits per heavy atom. The fourth-order valence-corrected chi connectivity index (χ4v) is 3.19. The summed E-state index contributed by atoms with van der Waals surface area (Å²) in [5.41, 5.74) is -0.211. The van der Waals surface area contributed by atoms with E-state index in [-0.39, 0.29) is 18.1 Å². The summed E-state index contributed by atoms with van der Waals surface area (Å²) in [6.45, 7) is 5.21.